The average Bonchev–Trinajstić information content (AvgIpc) is 3.01. The number of carbonyl (C=O) groups excluding carboxylic acids is 1. The Bertz CT molecular complexity index is 991. The maximum Gasteiger partial charge on any atom is 0.261 e. The first-order chi connectivity index (χ1) is 12.5. The fourth-order valence-electron chi connectivity index (χ4n) is 2.62. The van der Waals surface area contributed by atoms with Gasteiger partial charge in [-0.25, -0.2) is 9.97 Å². The van der Waals surface area contributed by atoms with E-state index in [0.29, 0.717) is 29.9 Å². The Balaban J connectivity index is 1.59. The van der Waals surface area contributed by atoms with E-state index >= 15 is 0 Å². The van der Waals surface area contributed by atoms with Crippen molar-refractivity contribution in [3.05, 3.63) is 56.5 Å². The van der Waals surface area contributed by atoms with Crippen LogP contribution in [0.2, 0.25) is 0 Å². The van der Waals surface area contributed by atoms with E-state index in [1.807, 2.05) is 19.1 Å². The second-order valence-corrected chi connectivity index (χ2v) is 7.62. The van der Waals surface area contributed by atoms with Gasteiger partial charge in [0.2, 0.25) is 5.91 Å². The lowest BCUT2D eigenvalue weighted by Gasteiger charge is -2.07. The van der Waals surface area contributed by atoms with Crippen molar-refractivity contribution >= 4 is 28.1 Å². The molecule has 2 heterocycles. The smallest absolute Gasteiger partial charge is 0.261 e. The van der Waals surface area contributed by atoms with Crippen LogP contribution in [0.25, 0.3) is 10.9 Å². The van der Waals surface area contributed by atoms with Crippen molar-refractivity contribution in [2.24, 2.45) is 0 Å². The van der Waals surface area contributed by atoms with Crippen molar-refractivity contribution in [1.82, 2.24) is 19.9 Å². The average molecular weight is 370 g/mol. The highest BCUT2D eigenvalue weighted by Gasteiger charge is 2.12. The van der Waals surface area contributed by atoms with E-state index in [4.69, 9.17) is 0 Å². The van der Waals surface area contributed by atoms with Crippen molar-refractivity contribution in [2.75, 3.05) is 0 Å². The molecule has 0 aliphatic carbocycles. The monoisotopic (exact) mass is 370 g/mol. The summed E-state index contributed by atoms with van der Waals surface area (Å²) in [6.07, 6.45) is 1.73. The Kier molecular flexibility index (Phi) is 5.46. The number of fused-ring (bicyclic) bond motifs is 1. The maximum atomic E-state index is 12.4. The molecule has 0 atom stereocenters. The second-order valence-electron chi connectivity index (χ2n) is 6.50. The van der Waals surface area contributed by atoms with Crippen LogP contribution in [-0.2, 0) is 17.9 Å². The molecule has 0 saturated heterocycles. The maximum absolute atomic E-state index is 12.4. The van der Waals surface area contributed by atoms with Gasteiger partial charge in [-0.1, -0.05) is 26.0 Å². The molecule has 2 aromatic heterocycles. The summed E-state index contributed by atoms with van der Waals surface area (Å²) < 4.78 is 1.48. The third kappa shape index (κ3) is 3.99. The highest BCUT2D eigenvalue weighted by atomic mass is 32.1. The molecule has 3 rings (SSSR count). The predicted octanol–water partition coefficient (Wildman–Crippen LogP) is 2.99. The Morgan fingerprint density at radius 1 is 1.31 bits per heavy atom. The Labute approximate surface area is 155 Å². The molecule has 26 heavy (non-hydrogen) atoms. The zero-order valence-corrected chi connectivity index (χ0v) is 16.0. The topological polar surface area (TPSA) is 76.9 Å². The number of para-hydroxylation sites is 1. The Morgan fingerprint density at radius 3 is 2.81 bits per heavy atom. The van der Waals surface area contributed by atoms with Crippen molar-refractivity contribution < 1.29 is 4.79 Å². The van der Waals surface area contributed by atoms with Crippen molar-refractivity contribution in [2.45, 2.75) is 46.2 Å². The van der Waals surface area contributed by atoms with Crippen LogP contribution >= 0.6 is 11.3 Å². The number of rotatable bonds is 6. The fraction of sp³-hybridized carbons (Fsp3) is 0.368. The molecule has 0 fully saturated rings. The highest BCUT2D eigenvalue weighted by Crippen LogP contribution is 2.24. The van der Waals surface area contributed by atoms with Crippen LogP contribution in [-0.4, -0.2) is 20.4 Å². The minimum Gasteiger partial charge on any atom is -0.351 e. The number of carbonyl (C=O) groups is 1. The minimum atomic E-state index is -0.122. The van der Waals surface area contributed by atoms with Gasteiger partial charge in [-0.05, 0) is 19.1 Å². The number of nitrogens with zero attached hydrogens (tertiary/aromatic N) is 3. The first kappa shape index (κ1) is 18.3. The van der Waals surface area contributed by atoms with E-state index in [1.54, 1.807) is 23.5 Å². The Hall–Kier alpha value is -2.54. The summed E-state index contributed by atoms with van der Waals surface area (Å²) in [5, 5.41) is 4.57. The number of amides is 1. The summed E-state index contributed by atoms with van der Waals surface area (Å²) >= 11 is 1.64. The van der Waals surface area contributed by atoms with E-state index < -0.39 is 0 Å². The summed E-state index contributed by atoms with van der Waals surface area (Å²) in [4.78, 5) is 34.5. The number of hydrogen-bond acceptors (Lipinski definition) is 5. The number of thiazole rings is 1. The number of nitrogens with one attached hydrogen (secondary N) is 1. The van der Waals surface area contributed by atoms with Crippen LogP contribution in [0.15, 0.2) is 35.4 Å². The van der Waals surface area contributed by atoms with Crippen LogP contribution < -0.4 is 10.9 Å². The quantitative estimate of drug-likeness (QED) is 0.724. The molecular formula is C19H22N4O2S. The third-order valence-electron chi connectivity index (χ3n) is 4.16. The number of benzene rings is 1. The normalized spacial score (nSPS) is 11.2. The lowest BCUT2D eigenvalue weighted by Crippen LogP contribution is -2.27. The van der Waals surface area contributed by atoms with Crippen LogP contribution in [0.4, 0.5) is 0 Å². The molecule has 3 aromatic rings. The van der Waals surface area contributed by atoms with Crippen molar-refractivity contribution in [3.8, 4) is 0 Å². The van der Waals surface area contributed by atoms with E-state index in [-0.39, 0.29) is 17.9 Å². The molecule has 0 radical (unpaired) electrons. The van der Waals surface area contributed by atoms with E-state index in [2.05, 4.69) is 29.1 Å². The van der Waals surface area contributed by atoms with E-state index in [9.17, 15) is 9.59 Å². The molecule has 6 nitrogen and oxygen atoms in total. The van der Waals surface area contributed by atoms with Gasteiger partial charge < -0.3 is 5.32 Å². The van der Waals surface area contributed by atoms with Gasteiger partial charge in [0.15, 0.2) is 0 Å². The Morgan fingerprint density at radius 2 is 2.08 bits per heavy atom. The van der Waals surface area contributed by atoms with Gasteiger partial charge in [0.25, 0.3) is 5.56 Å². The molecule has 0 saturated carbocycles. The zero-order valence-electron chi connectivity index (χ0n) is 15.2. The van der Waals surface area contributed by atoms with Crippen LogP contribution in [0.5, 0.6) is 0 Å². The molecule has 7 heteroatoms. The van der Waals surface area contributed by atoms with Crippen molar-refractivity contribution in [1.29, 1.82) is 0 Å². The van der Waals surface area contributed by atoms with Gasteiger partial charge in [0, 0.05) is 23.8 Å². The van der Waals surface area contributed by atoms with Gasteiger partial charge in [0.1, 0.15) is 0 Å². The molecule has 136 valence electrons. The lowest BCUT2D eigenvalue weighted by atomic mass is 10.2. The molecule has 0 aliphatic heterocycles. The molecule has 1 aromatic carbocycles. The largest absolute Gasteiger partial charge is 0.351 e. The van der Waals surface area contributed by atoms with E-state index in [0.717, 1.165) is 15.6 Å². The highest BCUT2D eigenvalue weighted by molar-refractivity contribution is 7.11. The van der Waals surface area contributed by atoms with Crippen LogP contribution in [0.1, 0.15) is 41.8 Å². The standard InChI is InChI=1S/C19H22N4O2S/c1-12(2)18-22-13(3)16(26-18)10-20-17(24)8-9-23-11-21-15-7-5-4-6-14(15)19(23)25/h4-7,11-12H,8-10H2,1-3H3,(H,20,24). The van der Waals surface area contributed by atoms with Crippen molar-refractivity contribution in [3.63, 3.8) is 0 Å². The first-order valence-electron chi connectivity index (χ1n) is 8.62. The predicted molar refractivity (Wildman–Crippen MR) is 103 cm³/mol. The minimum absolute atomic E-state index is 0.0936. The third-order valence-corrected chi connectivity index (χ3v) is 5.62. The summed E-state index contributed by atoms with van der Waals surface area (Å²) in [6, 6.07) is 7.21. The molecule has 0 bridgehead atoms. The summed E-state index contributed by atoms with van der Waals surface area (Å²) in [7, 11) is 0. The molecule has 1 N–H and O–H groups in total. The summed E-state index contributed by atoms with van der Waals surface area (Å²) in [5.74, 6) is 0.291. The number of hydrogen-bond donors (Lipinski definition) is 1. The van der Waals surface area contributed by atoms with Gasteiger partial charge in [-0.2, -0.15) is 0 Å². The number of aryl methyl sites for hydroxylation is 2. The molecule has 0 aliphatic rings. The molecule has 0 unspecified atom stereocenters. The molecule has 0 spiro atoms. The number of aromatic nitrogens is 3. The first-order valence-corrected chi connectivity index (χ1v) is 9.44. The van der Waals surface area contributed by atoms with Gasteiger partial charge in [0.05, 0.1) is 34.5 Å². The summed E-state index contributed by atoms with van der Waals surface area (Å²) in [6.45, 7) is 6.96. The van der Waals surface area contributed by atoms with Gasteiger partial charge >= 0.3 is 0 Å². The van der Waals surface area contributed by atoms with E-state index in [1.165, 1.54) is 10.9 Å². The lowest BCUT2D eigenvalue weighted by molar-refractivity contribution is -0.121. The zero-order chi connectivity index (χ0) is 18.7. The van der Waals surface area contributed by atoms with Crippen LogP contribution in [0, 0.1) is 6.92 Å². The van der Waals surface area contributed by atoms with Gasteiger partial charge in [-0.15, -0.1) is 11.3 Å². The molecule has 1 amide bonds. The van der Waals surface area contributed by atoms with Crippen LogP contribution in [0.3, 0.4) is 0 Å². The second kappa shape index (κ2) is 7.78. The summed E-state index contributed by atoms with van der Waals surface area (Å²) in [5.41, 5.74) is 1.51. The SMILES string of the molecule is Cc1nc(C(C)C)sc1CNC(=O)CCn1cnc2ccccc2c1=O. The van der Waals surface area contributed by atoms with Gasteiger partial charge in [-0.3, -0.25) is 14.2 Å². The molecular weight excluding hydrogens is 348 g/mol. The fourth-order valence-corrected chi connectivity index (χ4v) is 3.62.